The second-order valence-corrected chi connectivity index (χ2v) is 3.41. The number of rotatable bonds is 5. The van der Waals surface area contributed by atoms with Crippen molar-refractivity contribution in [1.82, 2.24) is 4.41 Å². The summed E-state index contributed by atoms with van der Waals surface area (Å²) in [6.07, 6.45) is -4.43. The molecule has 96 valence electrons. The van der Waals surface area contributed by atoms with E-state index < -0.39 is 23.9 Å². The van der Waals surface area contributed by atoms with Crippen molar-refractivity contribution in [3.05, 3.63) is 11.6 Å². The number of ether oxygens (including phenoxy) is 1. The number of esters is 1. The fourth-order valence-electron chi connectivity index (χ4n) is 0.720. The first kappa shape index (κ1) is 16.0. The molecule has 17 heavy (non-hydrogen) atoms. The highest BCUT2D eigenvalue weighted by molar-refractivity contribution is 6.04. The van der Waals surface area contributed by atoms with E-state index in [1.54, 1.807) is 6.92 Å². The maximum Gasteiger partial charge on any atom is 0.418 e. The normalized spacial score (nSPS) is 14.8. The van der Waals surface area contributed by atoms with Crippen LogP contribution in [0.3, 0.4) is 0 Å². The average molecular weight is 267 g/mol. The number of hydrogen-bond donors (Lipinski definition) is 2. The molecule has 0 aliphatic rings. The molecule has 0 spiro atoms. The van der Waals surface area contributed by atoms with E-state index in [1.165, 1.54) is 0 Å². The number of hydrazone groups is 1. The Labute approximate surface area is 105 Å². The number of nitrogens with two attached hydrogens (primary N) is 1. The first-order chi connectivity index (χ1) is 7.81. The van der Waals surface area contributed by atoms with Gasteiger partial charge in [0, 0.05) is 6.08 Å². The molecule has 0 amide bonds. The Morgan fingerprint density at radius 2 is 2.24 bits per heavy atom. The molecule has 0 heterocycles. The van der Waals surface area contributed by atoms with Gasteiger partial charge >= 0.3 is 28.7 Å². The average Bonchev–Trinajstić information content (AvgIpc) is 2.22. The van der Waals surface area contributed by atoms with Crippen LogP contribution < -0.4 is 10.1 Å². The zero-order valence-electron chi connectivity index (χ0n) is 9.41. The van der Waals surface area contributed by atoms with Crippen molar-refractivity contribution < 1.29 is 22.7 Å². The van der Waals surface area contributed by atoms with Crippen molar-refractivity contribution in [2.75, 3.05) is 0 Å². The van der Waals surface area contributed by atoms with Crippen LogP contribution in [0.25, 0.3) is 0 Å². The lowest BCUT2D eigenvalue weighted by molar-refractivity contribution is -0.143. The van der Waals surface area contributed by atoms with E-state index in [-0.39, 0.29) is 0 Å². The van der Waals surface area contributed by atoms with Crippen molar-refractivity contribution >= 4 is 28.7 Å². The zero-order valence-corrected chi connectivity index (χ0v) is 11.4. The van der Waals surface area contributed by atoms with Gasteiger partial charge in [0.2, 0.25) is 0 Å². The highest BCUT2D eigenvalue weighted by Gasteiger charge is 2.33. The Kier molecular flexibility index (Phi) is 6.87. The van der Waals surface area contributed by atoms with Crippen molar-refractivity contribution in [2.24, 2.45) is 10.8 Å². The van der Waals surface area contributed by atoms with E-state index in [1.807, 2.05) is 0 Å². The lowest BCUT2D eigenvalue weighted by Crippen LogP contribution is -2.26. The quantitative estimate of drug-likeness (QED) is 0.181. The van der Waals surface area contributed by atoms with E-state index in [0.717, 1.165) is 0 Å². The van der Waals surface area contributed by atoms with Gasteiger partial charge in [-0.2, -0.15) is 13.2 Å². The third-order valence-electron chi connectivity index (χ3n) is 1.60. The molecule has 0 fully saturated rings. The predicted octanol–water partition coefficient (Wildman–Crippen LogP) is -0.163. The number of halogens is 3. The molecule has 0 aromatic carbocycles. The van der Waals surface area contributed by atoms with Gasteiger partial charge in [-0.25, -0.2) is 9.90 Å². The molecule has 0 aliphatic heterocycles. The summed E-state index contributed by atoms with van der Waals surface area (Å²) in [6.45, 7) is 1.64. The summed E-state index contributed by atoms with van der Waals surface area (Å²) in [7, 11) is 0. The van der Waals surface area contributed by atoms with Gasteiger partial charge in [0.1, 0.15) is 0 Å². The van der Waals surface area contributed by atoms with Gasteiger partial charge in [0.15, 0.2) is 6.23 Å². The summed E-state index contributed by atoms with van der Waals surface area (Å²) < 4.78 is 44.0. The third-order valence-corrected chi connectivity index (χ3v) is 1.86. The Balaban J connectivity index is 4.80. The summed E-state index contributed by atoms with van der Waals surface area (Å²) in [5, 5.41) is 3.25. The van der Waals surface area contributed by atoms with Crippen LogP contribution >= 0.6 is 0 Å². The minimum absolute atomic E-state index is 0.317. The van der Waals surface area contributed by atoms with Crippen LogP contribution in [0.1, 0.15) is 13.3 Å². The molecule has 9 heteroatoms. The maximum absolute atomic E-state index is 12.4. The highest BCUT2D eigenvalue weighted by atomic mass is 27.1. The van der Waals surface area contributed by atoms with Gasteiger partial charge in [0.25, 0.3) is 0 Å². The summed E-state index contributed by atoms with van der Waals surface area (Å²) in [5.41, 5.74) is 4.06. The standard InChI is InChI=1S/C8H12F3N3O2.Al.2H/c1-2-6(12)16-7(15)3-5(4-14-13)8(9,10)11;;;/h3-4,6H,2,12H2,1H3,(H2,13,15);;;/q;+1;;/p-1. The second kappa shape index (κ2) is 7.32. The predicted molar refractivity (Wildman–Crippen MR) is 58.7 cm³/mol. The number of carbonyl (C=O) groups excluding carboxylic acids is 1. The van der Waals surface area contributed by atoms with Gasteiger partial charge in [-0.05, 0) is 6.42 Å². The van der Waals surface area contributed by atoms with Gasteiger partial charge in [-0.1, -0.05) is 6.92 Å². The zero-order chi connectivity index (χ0) is 13.5. The maximum atomic E-state index is 12.4. The summed E-state index contributed by atoms with van der Waals surface area (Å²) in [6, 6.07) is 0. The molecular formula is C8H13AlF3N3O2. The first-order valence-corrected chi connectivity index (χ1v) is 5.76. The van der Waals surface area contributed by atoms with Crippen molar-refractivity contribution in [3.8, 4) is 0 Å². The summed E-state index contributed by atoms with van der Waals surface area (Å²) in [4.78, 5) is 11.1. The fraction of sp³-hybridized carbons (Fsp3) is 0.500. The Morgan fingerprint density at radius 3 is 2.65 bits per heavy atom. The molecule has 1 atom stereocenters. The second-order valence-electron chi connectivity index (χ2n) is 2.96. The molecule has 0 aromatic rings. The summed E-state index contributed by atoms with van der Waals surface area (Å²) >= 11 is 0.400. The van der Waals surface area contributed by atoms with Crippen LogP contribution in [0, 0.1) is 0 Å². The minimum Gasteiger partial charge on any atom is -0.444 e. The van der Waals surface area contributed by atoms with Crippen LogP contribution in [0.5, 0.6) is 0 Å². The molecule has 5 nitrogen and oxygen atoms in total. The van der Waals surface area contributed by atoms with E-state index in [4.69, 9.17) is 5.73 Å². The number of alkyl halides is 3. The van der Waals surface area contributed by atoms with Crippen LogP contribution in [0.4, 0.5) is 13.2 Å². The van der Waals surface area contributed by atoms with Gasteiger partial charge in [-0.3, -0.25) is 5.73 Å². The van der Waals surface area contributed by atoms with Crippen LogP contribution in [0.15, 0.2) is 16.8 Å². The van der Waals surface area contributed by atoms with Gasteiger partial charge in [0.05, 0.1) is 11.8 Å². The Morgan fingerprint density at radius 1 is 1.65 bits per heavy atom. The monoisotopic (exact) mass is 267 g/mol. The minimum atomic E-state index is -4.67. The molecule has 0 saturated heterocycles. The van der Waals surface area contributed by atoms with E-state index >= 15 is 0 Å². The molecule has 0 aromatic heterocycles. The molecular weight excluding hydrogens is 254 g/mol. The van der Waals surface area contributed by atoms with Crippen LogP contribution in [0.2, 0.25) is 0 Å². The SMILES string of the molecule is CCC(N)OC(=O)/C=C(\C=N\[NH][AlH2])C(F)(F)F. The first-order valence-electron chi connectivity index (χ1n) is 4.76. The molecule has 0 bridgehead atoms. The van der Waals surface area contributed by atoms with Crippen LogP contribution in [-0.4, -0.2) is 41.1 Å². The molecule has 3 N–H and O–H groups in total. The van der Waals surface area contributed by atoms with Crippen molar-refractivity contribution in [3.63, 3.8) is 0 Å². The number of nitrogens with zero attached hydrogens (tertiary/aromatic N) is 1. The lowest BCUT2D eigenvalue weighted by Gasteiger charge is -2.10. The number of hydrogen-bond acceptors (Lipinski definition) is 5. The number of nitrogens with one attached hydrogen (secondary N) is 1. The highest BCUT2D eigenvalue weighted by Crippen LogP contribution is 2.24. The van der Waals surface area contributed by atoms with E-state index in [2.05, 4.69) is 14.2 Å². The van der Waals surface area contributed by atoms with Crippen molar-refractivity contribution in [1.29, 1.82) is 0 Å². The molecule has 0 saturated carbocycles. The fourth-order valence-corrected chi connectivity index (χ4v) is 0.849. The lowest BCUT2D eigenvalue weighted by atomic mass is 10.2. The van der Waals surface area contributed by atoms with Crippen LogP contribution in [-0.2, 0) is 9.53 Å². The molecule has 0 aliphatic carbocycles. The molecule has 0 radical (unpaired) electrons. The Bertz CT molecular complexity index is 318. The smallest absolute Gasteiger partial charge is 0.418 e. The Hall–Kier alpha value is -1.04. The van der Waals surface area contributed by atoms with Gasteiger partial charge in [-0.15, -0.1) is 0 Å². The molecule has 1 unspecified atom stereocenters. The molecule has 0 rings (SSSR count). The van der Waals surface area contributed by atoms with Gasteiger partial charge < -0.3 is 9.15 Å². The van der Waals surface area contributed by atoms with E-state index in [0.29, 0.717) is 35.2 Å². The topological polar surface area (TPSA) is 76.7 Å². The number of carbonyl (C=O) groups is 1. The number of allylic oxidation sites excluding steroid dienone is 1. The van der Waals surface area contributed by atoms with Crippen molar-refractivity contribution in [2.45, 2.75) is 25.7 Å². The third kappa shape index (κ3) is 6.99. The van der Waals surface area contributed by atoms with E-state index in [9.17, 15) is 18.0 Å². The summed E-state index contributed by atoms with van der Waals surface area (Å²) in [5.74, 6) is -1.15. The largest absolute Gasteiger partial charge is 0.444 e.